The van der Waals surface area contributed by atoms with E-state index in [4.69, 9.17) is 15.0 Å². The number of aryl methyl sites for hydroxylation is 1. The van der Waals surface area contributed by atoms with Crippen molar-refractivity contribution < 1.29 is 0 Å². The zero-order chi connectivity index (χ0) is 21.0. The van der Waals surface area contributed by atoms with Gasteiger partial charge in [0.15, 0.2) is 17.5 Å². The molecule has 3 aromatic carbocycles. The molecule has 4 nitrogen and oxygen atoms in total. The Hall–Kier alpha value is -4.18. The lowest BCUT2D eigenvalue weighted by molar-refractivity contribution is 1.07. The predicted molar refractivity (Wildman–Crippen MR) is 124 cm³/mol. The van der Waals surface area contributed by atoms with Crippen LogP contribution >= 0.6 is 0 Å². The van der Waals surface area contributed by atoms with Crippen molar-refractivity contribution in [3.8, 4) is 45.4 Å². The van der Waals surface area contributed by atoms with Crippen molar-refractivity contribution in [2.24, 2.45) is 0 Å². The lowest BCUT2D eigenvalue weighted by atomic mass is 10.0. The summed E-state index contributed by atoms with van der Waals surface area (Å²) in [6, 6.07) is 32.2. The van der Waals surface area contributed by atoms with Crippen molar-refractivity contribution in [3.63, 3.8) is 0 Å². The molecule has 0 atom stereocenters. The van der Waals surface area contributed by atoms with Gasteiger partial charge in [-0.25, -0.2) is 15.0 Å². The third-order valence-corrected chi connectivity index (χ3v) is 5.10. The number of hydrogen-bond acceptors (Lipinski definition) is 4. The zero-order valence-electron chi connectivity index (χ0n) is 17.1. The van der Waals surface area contributed by atoms with Gasteiger partial charge in [0.1, 0.15) is 0 Å². The lowest BCUT2D eigenvalue weighted by Crippen LogP contribution is -2.00. The molecule has 0 aliphatic carbocycles. The molecule has 0 aliphatic heterocycles. The molecule has 5 rings (SSSR count). The summed E-state index contributed by atoms with van der Waals surface area (Å²) in [5.41, 5.74) is 5.98. The van der Waals surface area contributed by atoms with Crippen LogP contribution in [0.5, 0.6) is 0 Å². The molecule has 148 valence electrons. The van der Waals surface area contributed by atoms with Gasteiger partial charge in [0, 0.05) is 28.5 Å². The maximum absolute atomic E-state index is 4.81. The Balaban J connectivity index is 1.67. The van der Waals surface area contributed by atoms with Crippen LogP contribution in [0.1, 0.15) is 5.56 Å². The summed E-state index contributed by atoms with van der Waals surface area (Å²) in [6.45, 7) is 2.07. The molecule has 0 spiro atoms. The number of aromatic nitrogens is 4. The SMILES string of the molecule is Cc1cccnc1-c1cccc(-c2nc(-c3ccccc3)nc(-c3ccccc3)n2)c1. The van der Waals surface area contributed by atoms with E-state index in [9.17, 15) is 0 Å². The van der Waals surface area contributed by atoms with Gasteiger partial charge in [0.2, 0.25) is 0 Å². The van der Waals surface area contributed by atoms with Gasteiger partial charge in [0.05, 0.1) is 5.69 Å². The standard InChI is InChI=1S/C27H20N4/c1-19-10-9-17-28-24(19)22-15-8-16-23(18-22)27-30-25(20-11-4-2-5-12-20)29-26(31-27)21-13-6-3-7-14-21/h2-18H,1H3. The molecule has 2 heterocycles. The summed E-state index contributed by atoms with van der Waals surface area (Å²) in [7, 11) is 0. The number of rotatable bonds is 4. The number of nitrogens with zero attached hydrogens (tertiary/aromatic N) is 4. The van der Waals surface area contributed by atoms with Crippen molar-refractivity contribution in [1.29, 1.82) is 0 Å². The Bertz CT molecular complexity index is 1270. The van der Waals surface area contributed by atoms with Gasteiger partial charge in [-0.1, -0.05) is 84.9 Å². The molecule has 0 saturated heterocycles. The molecule has 4 heteroatoms. The predicted octanol–water partition coefficient (Wildman–Crippen LogP) is 6.24. The minimum atomic E-state index is 0.642. The molecule has 0 fully saturated rings. The third kappa shape index (κ3) is 3.96. The fourth-order valence-corrected chi connectivity index (χ4v) is 3.53. The third-order valence-electron chi connectivity index (χ3n) is 5.10. The van der Waals surface area contributed by atoms with Crippen molar-refractivity contribution >= 4 is 0 Å². The number of hydrogen-bond donors (Lipinski definition) is 0. The minimum Gasteiger partial charge on any atom is -0.256 e. The molecule has 2 aromatic heterocycles. The van der Waals surface area contributed by atoms with E-state index in [1.54, 1.807) is 0 Å². The average Bonchev–Trinajstić information content (AvgIpc) is 2.85. The Kier molecular flexibility index (Phi) is 5.03. The molecular weight excluding hydrogens is 380 g/mol. The van der Waals surface area contributed by atoms with Gasteiger partial charge in [-0.15, -0.1) is 0 Å². The van der Waals surface area contributed by atoms with E-state index >= 15 is 0 Å². The average molecular weight is 400 g/mol. The van der Waals surface area contributed by atoms with Crippen molar-refractivity contribution in [3.05, 3.63) is 109 Å². The first-order valence-electron chi connectivity index (χ1n) is 10.2. The molecule has 0 unspecified atom stereocenters. The molecule has 0 amide bonds. The first-order valence-corrected chi connectivity index (χ1v) is 10.2. The minimum absolute atomic E-state index is 0.642. The van der Waals surface area contributed by atoms with Gasteiger partial charge in [0.25, 0.3) is 0 Å². The number of pyridine rings is 1. The van der Waals surface area contributed by atoms with E-state index in [-0.39, 0.29) is 0 Å². The largest absolute Gasteiger partial charge is 0.256 e. The van der Waals surface area contributed by atoms with E-state index in [0.29, 0.717) is 17.5 Å². The zero-order valence-corrected chi connectivity index (χ0v) is 17.1. The van der Waals surface area contributed by atoms with E-state index in [1.165, 1.54) is 0 Å². The maximum Gasteiger partial charge on any atom is 0.164 e. The molecule has 0 saturated carbocycles. The van der Waals surface area contributed by atoms with Gasteiger partial charge < -0.3 is 0 Å². The van der Waals surface area contributed by atoms with Crippen LogP contribution in [0.2, 0.25) is 0 Å². The van der Waals surface area contributed by atoms with Crippen LogP contribution in [-0.4, -0.2) is 19.9 Å². The second-order valence-corrected chi connectivity index (χ2v) is 7.29. The highest BCUT2D eigenvalue weighted by molar-refractivity contribution is 5.72. The smallest absolute Gasteiger partial charge is 0.164 e. The fourth-order valence-electron chi connectivity index (χ4n) is 3.53. The molecule has 0 N–H and O–H groups in total. The Morgan fingerprint density at radius 1 is 0.484 bits per heavy atom. The summed E-state index contributed by atoms with van der Waals surface area (Å²) >= 11 is 0. The Morgan fingerprint density at radius 2 is 1.00 bits per heavy atom. The lowest BCUT2D eigenvalue weighted by Gasteiger charge is -2.10. The van der Waals surface area contributed by atoms with E-state index in [0.717, 1.165) is 33.5 Å². The fraction of sp³-hybridized carbons (Fsp3) is 0.0370. The van der Waals surface area contributed by atoms with Crippen LogP contribution in [0, 0.1) is 6.92 Å². The van der Waals surface area contributed by atoms with Crippen LogP contribution in [0.25, 0.3) is 45.4 Å². The second-order valence-electron chi connectivity index (χ2n) is 7.29. The summed E-state index contributed by atoms with van der Waals surface area (Å²) in [4.78, 5) is 18.9. The highest BCUT2D eigenvalue weighted by atomic mass is 15.0. The topological polar surface area (TPSA) is 51.6 Å². The van der Waals surface area contributed by atoms with Crippen molar-refractivity contribution in [2.75, 3.05) is 0 Å². The normalized spacial score (nSPS) is 10.7. The summed E-state index contributed by atoms with van der Waals surface area (Å²) in [5.74, 6) is 1.95. The summed E-state index contributed by atoms with van der Waals surface area (Å²) < 4.78 is 0. The quantitative estimate of drug-likeness (QED) is 0.358. The molecule has 31 heavy (non-hydrogen) atoms. The van der Waals surface area contributed by atoms with E-state index < -0.39 is 0 Å². The Morgan fingerprint density at radius 3 is 1.58 bits per heavy atom. The van der Waals surface area contributed by atoms with Crippen molar-refractivity contribution in [1.82, 2.24) is 19.9 Å². The highest BCUT2D eigenvalue weighted by Gasteiger charge is 2.13. The van der Waals surface area contributed by atoms with E-state index in [1.807, 2.05) is 85.1 Å². The Labute approximate surface area is 181 Å². The first kappa shape index (κ1) is 18.8. The van der Waals surface area contributed by atoms with Crippen molar-refractivity contribution in [2.45, 2.75) is 6.92 Å². The summed E-state index contributed by atoms with van der Waals surface area (Å²) in [5, 5.41) is 0. The van der Waals surface area contributed by atoms with Gasteiger partial charge in [-0.2, -0.15) is 0 Å². The van der Waals surface area contributed by atoms with Crippen LogP contribution in [0.4, 0.5) is 0 Å². The van der Waals surface area contributed by atoms with E-state index in [2.05, 4.69) is 30.1 Å². The summed E-state index contributed by atoms with van der Waals surface area (Å²) in [6.07, 6.45) is 1.82. The molecule has 0 aliphatic rings. The van der Waals surface area contributed by atoms with Gasteiger partial charge >= 0.3 is 0 Å². The highest BCUT2D eigenvalue weighted by Crippen LogP contribution is 2.28. The number of benzene rings is 3. The first-order chi connectivity index (χ1) is 15.3. The van der Waals surface area contributed by atoms with Gasteiger partial charge in [-0.05, 0) is 24.6 Å². The van der Waals surface area contributed by atoms with Crippen LogP contribution in [0.3, 0.4) is 0 Å². The monoisotopic (exact) mass is 400 g/mol. The molecule has 0 radical (unpaired) electrons. The van der Waals surface area contributed by atoms with Gasteiger partial charge in [-0.3, -0.25) is 4.98 Å². The molecular formula is C27H20N4. The molecule has 5 aromatic rings. The van der Waals surface area contributed by atoms with Crippen LogP contribution in [0.15, 0.2) is 103 Å². The van der Waals surface area contributed by atoms with Crippen LogP contribution < -0.4 is 0 Å². The second kappa shape index (κ2) is 8.28. The molecule has 0 bridgehead atoms. The maximum atomic E-state index is 4.81. The van der Waals surface area contributed by atoms with Crippen LogP contribution in [-0.2, 0) is 0 Å².